The Hall–Kier alpha value is -0.420. The van der Waals surface area contributed by atoms with Crippen LogP contribution in [0, 0.1) is 0 Å². The average molecular weight is 339 g/mol. The summed E-state index contributed by atoms with van der Waals surface area (Å²) in [5, 5.41) is 0. The number of benzene rings is 1. The number of aryl methyl sites for hydroxylation is 1. The lowest BCUT2D eigenvalue weighted by Gasteiger charge is -2.44. The van der Waals surface area contributed by atoms with E-state index in [2.05, 4.69) is 39.0 Å². The Bertz CT molecular complexity index is 493. The number of ether oxygens (including phenoxy) is 1. The van der Waals surface area contributed by atoms with Crippen LogP contribution in [0.5, 0.6) is 0 Å². The van der Waals surface area contributed by atoms with Crippen molar-refractivity contribution >= 4 is 15.9 Å². The zero-order chi connectivity index (χ0) is 14.2. The van der Waals surface area contributed by atoms with Gasteiger partial charge in [-0.3, -0.25) is 4.90 Å². The van der Waals surface area contributed by atoms with E-state index in [-0.39, 0.29) is 5.54 Å². The maximum Gasteiger partial charge on any atom is 0.0710 e. The van der Waals surface area contributed by atoms with Gasteiger partial charge in [0.05, 0.1) is 6.10 Å². The van der Waals surface area contributed by atoms with Gasteiger partial charge in [-0.05, 0) is 48.9 Å². The van der Waals surface area contributed by atoms with Crippen molar-refractivity contribution in [2.75, 3.05) is 26.7 Å². The van der Waals surface area contributed by atoms with E-state index in [1.807, 2.05) is 7.11 Å². The van der Waals surface area contributed by atoms with Gasteiger partial charge >= 0.3 is 0 Å². The molecule has 0 bridgehead atoms. The van der Waals surface area contributed by atoms with Crippen molar-refractivity contribution in [2.24, 2.45) is 5.73 Å². The van der Waals surface area contributed by atoms with Crippen molar-refractivity contribution in [3.05, 3.63) is 33.8 Å². The summed E-state index contributed by atoms with van der Waals surface area (Å²) in [6, 6.07) is 6.66. The van der Waals surface area contributed by atoms with Gasteiger partial charge in [-0.2, -0.15) is 0 Å². The Morgan fingerprint density at radius 3 is 3.00 bits per heavy atom. The SMILES string of the molecule is COC1CCN(C2(CN)CCc3cc(Br)ccc3C2)C1. The molecule has 1 heterocycles. The van der Waals surface area contributed by atoms with Crippen LogP contribution < -0.4 is 5.73 Å². The zero-order valence-corrected chi connectivity index (χ0v) is 13.7. The summed E-state index contributed by atoms with van der Waals surface area (Å²) in [5.74, 6) is 0. The predicted molar refractivity (Wildman–Crippen MR) is 84.9 cm³/mol. The van der Waals surface area contributed by atoms with E-state index in [9.17, 15) is 0 Å². The third-order valence-corrected chi connectivity index (χ3v) is 5.57. The van der Waals surface area contributed by atoms with Crippen LogP contribution in [0.15, 0.2) is 22.7 Å². The fourth-order valence-corrected chi connectivity index (χ4v) is 4.14. The molecular formula is C16H23BrN2O. The van der Waals surface area contributed by atoms with Crippen LogP contribution in [0.4, 0.5) is 0 Å². The molecule has 1 aliphatic heterocycles. The third-order valence-electron chi connectivity index (χ3n) is 5.08. The number of hydrogen-bond acceptors (Lipinski definition) is 3. The molecule has 110 valence electrons. The van der Waals surface area contributed by atoms with Gasteiger partial charge in [-0.15, -0.1) is 0 Å². The first kappa shape index (κ1) is 14.5. The molecule has 2 atom stereocenters. The lowest BCUT2D eigenvalue weighted by Crippen LogP contribution is -2.56. The van der Waals surface area contributed by atoms with E-state index in [0.29, 0.717) is 6.10 Å². The molecule has 0 saturated carbocycles. The number of nitrogens with zero attached hydrogens (tertiary/aromatic N) is 1. The van der Waals surface area contributed by atoms with E-state index < -0.39 is 0 Å². The molecule has 1 aromatic rings. The molecule has 20 heavy (non-hydrogen) atoms. The average Bonchev–Trinajstić information content (AvgIpc) is 2.96. The zero-order valence-electron chi connectivity index (χ0n) is 12.1. The molecule has 0 spiro atoms. The molecule has 0 radical (unpaired) electrons. The minimum Gasteiger partial charge on any atom is -0.380 e. The second kappa shape index (κ2) is 5.76. The topological polar surface area (TPSA) is 38.5 Å². The van der Waals surface area contributed by atoms with Crippen molar-refractivity contribution in [1.82, 2.24) is 4.90 Å². The van der Waals surface area contributed by atoms with E-state index in [1.54, 1.807) is 0 Å². The lowest BCUT2D eigenvalue weighted by atomic mass is 9.77. The lowest BCUT2D eigenvalue weighted by molar-refractivity contribution is 0.0655. The Balaban J connectivity index is 1.83. The van der Waals surface area contributed by atoms with Crippen LogP contribution in [-0.2, 0) is 17.6 Å². The summed E-state index contributed by atoms with van der Waals surface area (Å²) in [7, 11) is 1.82. The summed E-state index contributed by atoms with van der Waals surface area (Å²) in [6.45, 7) is 2.88. The van der Waals surface area contributed by atoms with Gasteiger partial charge in [-0.25, -0.2) is 0 Å². The highest BCUT2D eigenvalue weighted by atomic mass is 79.9. The number of methoxy groups -OCH3 is 1. The predicted octanol–water partition coefficient (Wildman–Crippen LogP) is 2.36. The minimum absolute atomic E-state index is 0.133. The molecule has 1 fully saturated rings. The number of fused-ring (bicyclic) bond motifs is 1. The minimum atomic E-state index is 0.133. The monoisotopic (exact) mass is 338 g/mol. The molecule has 0 amide bonds. The summed E-state index contributed by atoms with van der Waals surface area (Å²) < 4.78 is 6.70. The van der Waals surface area contributed by atoms with Crippen LogP contribution in [0.1, 0.15) is 24.0 Å². The molecule has 1 aromatic carbocycles. The fourth-order valence-electron chi connectivity index (χ4n) is 3.73. The molecule has 2 N–H and O–H groups in total. The summed E-state index contributed by atoms with van der Waals surface area (Å²) in [5.41, 5.74) is 9.27. The number of likely N-dealkylation sites (tertiary alicyclic amines) is 1. The summed E-state index contributed by atoms with van der Waals surface area (Å²) in [6.07, 6.45) is 4.86. The van der Waals surface area contributed by atoms with Crippen molar-refractivity contribution in [3.8, 4) is 0 Å². The molecule has 1 saturated heterocycles. The standard InChI is InChI=1S/C16H23BrN2O/c1-20-15-5-7-19(10-15)16(11-18)6-4-12-8-14(17)3-2-13(12)9-16/h2-3,8,15H,4-7,9-11,18H2,1H3. The van der Waals surface area contributed by atoms with E-state index in [0.717, 1.165) is 45.3 Å². The smallest absolute Gasteiger partial charge is 0.0710 e. The van der Waals surface area contributed by atoms with Crippen molar-refractivity contribution in [1.29, 1.82) is 0 Å². The molecular weight excluding hydrogens is 316 g/mol. The largest absolute Gasteiger partial charge is 0.380 e. The number of nitrogens with two attached hydrogens (primary N) is 1. The normalized spacial score (nSPS) is 30.4. The number of hydrogen-bond donors (Lipinski definition) is 1. The van der Waals surface area contributed by atoms with Gasteiger partial charge in [0, 0.05) is 36.8 Å². The second-order valence-corrected chi connectivity index (χ2v) is 7.03. The van der Waals surface area contributed by atoms with Crippen LogP contribution in [0.3, 0.4) is 0 Å². The van der Waals surface area contributed by atoms with E-state index in [1.165, 1.54) is 15.6 Å². The van der Waals surface area contributed by atoms with Crippen molar-refractivity contribution in [2.45, 2.75) is 37.3 Å². The van der Waals surface area contributed by atoms with Gasteiger partial charge in [0.15, 0.2) is 0 Å². The highest BCUT2D eigenvalue weighted by Gasteiger charge is 2.41. The van der Waals surface area contributed by atoms with Gasteiger partial charge in [-0.1, -0.05) is 22.0 Å². The molecule has 1 aliphatic carbocycles. The van der Waals surface area contributed by atoms with Crippen LogP contribution in [-0.4, -0.2) is 43.3 Å². The highest BCUT2D eigenvalue weighted by Crippen LogP contribution is 2.36. The Morgan fingerprint density at radius 1 is 1.45 bits per heavy atom. The molecule has 4 heteroatoms. The van der Waals surface area contributed by atoms with Gasteiger partial charge in [0.1, 0.15) is 0 Å². The van der Waals surface area contributed by atoms with Crippen molar-refractivity contribution < 1.29 is 4.74 Å². The van der Waals surface area contributed by atoms with Crippen LogP contribution in [0.2, 0.25) is 0 Å². The van der Waals surface area contributed by atoms with Crippen LogP contribution >= 0.6 is 15.9 Å². The summed E-state index contributed by atoms with van der Waals surface area (Å²) >= 11 is 3.57. The first-order chi connectivity index (χ1) is 9.66. The Morgan fingerprint density at radius 2 is 2.30 bits per heavy atom. The Kier molecular flexibility index (Phi) is 4.18. The molecule has 2 aliphatic rings. The number of rotatable bonds is 3. The molecule has 3 rings (SSSR count). The fraction of sp³-hybridized carbons (Fsp3) is 0.625. The van der Waals surface area contributed by atoms with Gasteiger partial charge in [0.2, 0.25) is 0 Å². The Labute approximate surface area is 129 Å². The first-order valence-corrected chi connectivity index (χ1v) is 8.21. The second-order valence-electron chi connectivity index (χ2n) is 6.11. The molecule has 2 unspecified atom stereocenters. The quantitative estimate of drug-likeness (QED) is 0.919. The van der Waals surface area contributed by atoms with Crippen LogP contribution in [0.25, 0.3) is 0 Å². The molecule has 3 nitrogen and oxygen atoms in total. The maximum absolute atomic E-state index is 6.20. The van der Waals surface area contributed by atoms with Gasteiger partial charge in [0.25, 0.3) is 0 Å². The summed E-state index contributed by atoms with van der Waals surface area (Å²) in [4.78, 5) is 2.58. The maximum atomic E-state index is 6.20. The molecule has 0 aromatic heterocycles. The van der Waals surface area contributed by atoms with E-state index >= 15 is 0 Å². The number of halogens is 1. The third kappa shape index (κ3) is 2.54. The highest BCUT2D eigenvalue weighted by molar-refractivity contribution is 9.10. The van der Waals surface area contributed by atoms with E-state index in [4.69, 9.17) is 10.5 Å². The van der Waals surface area contributed by atoms with Crippen molar-refractivity contribution in [3.63, 3.8) is 0 Å². The van der Waals surface area contributed by atoms with Gasteiger partial charge < -0.3 is 10.5 Å². The first-order valence-electron chi connectivity index (χ1n) is 7.42.